The molecule has 0 saturated carbocycles. The normalized spacial score (nSPS) is 10.2. The summed E-state index contributed by atoms with van der Waals surface area (Å²) < 4.78 is 12.7. The highest BCUT2D eigenvalue weighted by molar-refractivity contribution is 5.63. The van der Waals surface area contributed by atoms with Crippen LogP contribution in [0.25, 0.3) is 0 Å². The lowest BCUT2D eigenvalue weighted by Gasteiger charge is -2.08. The molecule has 0 fully saturated rings. The standard InChI is InChI=1S/C12H13FN4/c13-9-3-1-8(2-4-9)7-16-12-10(14)5-6-11(15)17-12/h1-6H,7,14H2,(H3,15,16,17). The Hall–Kier alpha value is -2.30. The van der Waals surface area contributed by atoms with Crippen LogP contribution in [0.2, 0.25) is 0 Å². The first-order valence-electron chi connectivity index (χ1n) is 5.15. The molecule has 1 heterocycles. The van der Waals surface area contributed by atoms with Gasteiger partial charge in [-0.3, -0.25) is 0 Å². The molecule has 0 saturated heterocycles. The summed E-state index contributed by atoms with van der Waals surface area (Å²) in [5.41, 5.74) is 12.8. The molecular weight excluding hydrogens is 219 g/mol. The number of hydrogen-bond acceptors (Lipinski definition) is 4. The smallest absolute Gasteiger partial charge is 0.151 e. The molecule has 0 aliphatic rings. The summed E-state index contributed by atoms with van der Waals surface area (Å²) >= 11 is 0. The molecule has 0 aliphatic heterocycles. The van der Waals surface area contributed by atoms with E-state index >= 15 is 0 Å². The molecule has 0 amide bonds. The fraction of sp³-hybridized carbons (Fsp3) is 0.0833. The monoisotopic (exact) mass is 232 g/mol. The number of nitrogens with one attached hydrogen (secondary N) is 1. The number of nitrogens with two attached hydrogens (primary N) is 2. The summed E-state index contributed by atoms with van der Waals surface area (Å²) in [7, 11) is 0. The van der Waals surface area contributed by atoms with Gasteiger partial charge in [-0.25, -0.2) is 9.37 Å². The molecule has 2 rings (SSSR count). The number of rotatable bonds is 3. The van der Waals surface area contributed by atoms with Gasteiger partial charge in [-0.2, -0.15) is 0 Å². The Morgan fingerprint density at radius 2 is 1.76 bits per heavy atom. The zero-order valence-electron chi connectivity index (χ0n) is 9.15. The van der Waals surface area contributed by atoms with Crippen molar-refractivity contribution in [2.24, 2.45) is 0 Å². The minimum atomic E-state index is -0.254. The van der Waals surface area contributed by atoms with Crippen molar-refractivity contribution in [2.45, 2.75) is 6.54 Å². The van der Waals surface area contributed by atoms with Gasteiger partial charge in [-0.1, -0.05) is 12.1 Å². The van der Waals surface area contributed by atoms with Crippen molar-refractivity contribution in [3.63, 3.8) is 0 Å². The van der Waals surface area contributed by atoms with Gasteiger partial charge >= 0.3 is 0 Å². The van der Waals surface area contributed by atoms with Crippen molar-refractivity contribution in [2.75, 3.05) is 16.8 Å². The number of benzene rings is 1. The second-order valence-corrected chi connectivity index (χ2v) is 3.65. The zero-order valence-corrected chi connectivity index (χ0v) is 9.15. The number of aromatic nitrogens is 1. The molecule has 1 aromatic heterocycles. The highest BCUT2D eigenvalue weighted by Crippen LogP contribution is 2.17. The number of pyridine rings is 1. The van der Waals surface area contributed by atoms with E-state index in [0.717, 1.165) is 5.56 Å². The van der Waals surface area contributed by atoms with E-state index in [1.807, 2.05) is 0 Å². The lowest BCUT2D eigenvalue weighted by atomic mass is 10.2. The molecular formula is C12H13FN4. The van der Waals surface area contributed by atoms with Gasteiger partial charge in [0.05, 0.1) is 5.69 Å². The molecule has 0 atom stereocenters. The van der Waals surface area contributed by atoms with E-state index in [1.165, 1.54) is 12.1 Å². The van der Waals surface area contributed by atoms with Crippen LogP contribution in [0.1, 0.15) is 5.56 Å². The fourth-order valence-corrected chi connectivity index (χ4v) is 1.41. The topological polar surface area (TPSA) is 77.0 Å². The molecule has 0 radical (unpaired) electrons. The highest BCUT2D eigenvalue weighted by Gasteiger charge is 2.01. The molecule has 1 aromatic carbocycles. The maximum absolute atomic E-state index is 12.7. The van der Waals surface area contributed by atoms with Crippen LogP contribution >= 0.6 is 0 Å². The Kier molecular flexibility index (Phi) is 3.09. The third-order valence-electron chi connectivity index (χ3n) is 2.32. The van der Waals surface area contributed by atoms with Gasteiger partial charge < -0.3 is 16.8 Å². The molecule has 0 bridgehead atoms. The number of nitrogens with zero attached hydrogens (tertiary/aromatic N) is 1. The van der Waals surface area contributed by atoms with Gasteiger partial charge in [-0.05, 0) is 29.8 Å². The SMILES string of the molecule is Nc1ccc(N)c(NCc2ccc(F)cc2)n1. The van der Waals surface area contributed by atoms with Gasteiger partial charge in [-0.15, -0.1) is 0 Å². The number of hydrogen-bond donors (Lipinski definition) is 3. The third-order valence-corrected chi connectivity index (χ3v) is 2.32. The number of anilines is 3. The van der Waals surface area contributed by atoms with Crippen molar-refractivity contribution in [3.05, 3.63) is 47.8 Å². The second-order valence-electron chi connectivity index (χ2n) is 3.65. The van der Waals surface area contributed by atoms with Gasteiger partial charge in [0.25, 0.3) is 0 Å². The Labute approximate surface area is 98.5 Å². The molecule has 5 heteroatoms. The van der Waals surface area contributed by atoms with Crippen LogP contribution in [0.5, 0.6) is 0 Å². The minimum absolute atomic E-state index is 0.254. The van der Waals surface area contributed by atoms with Crippen molar-refractivity contribution in [3.8, 4) is 0 Å². The summed E-state index contributed by atoms with van der Waals surface area (Å²) in [6.07, 6.45) is 0. The Bertz CT molecular complexity index is 510. The molecule has 5 N–H and O–H groups in total. The molecule has 4 nitrogen and oxygen atoms in total. The van der Waals surface area contributed by atoms with Gasteiger partial charge in [0.2, 0.25) is 0 Å². The quantitative estimate of drug-likeness (QED) is 0.756. The van der Waals surface area contributed by atoms with E-state index in [9.17, 15) is 4.39 Å². The van der Waals surface area contributed by atoms with E-state index in [0.29, 0.717) is 23.9 Å². The van der Waals surface area contributed by atoms with Crippen LogP contribution in [0.4, 0.5) is 21.7 Å². The van der Waals surface area contributed by atoms with E-state index < -0.39 is 0 Å². The maximum Gasteiger partial charge on any atom is 0.151 e. The van der Waals surface area contributed by atoms with Crippen LogP contribution in [-0.2, 0) is 6.54 Å². The van der Waals surface area contributed by atoms with E-state index in [-0.39, 0.29) is 5.82 Å². The van der Waals surface area contributed by atoms with Crippen LogP contribution in [0, 0.1) is 5.82 Å². The average molecular weight is 232 g/mol. The molecule has 17 heavy (non-hydrogen) atoms. The largest absolute Gasteiger partial charge is 0.396 e. The molecule has 0 spiro atoms. The molecule has 0 unspecified atom stereocenters. The van der Waals surface area contributed by atoms with Gasteiger partial charge in [0, 0.05) is 6.54 Å². The van der Waals surface area contributed by atoms with Crippen molar-refractivity contribution in [1.82, 2.24) is 4.98 Å². The Morgan fingerprint density at radius 1 is 1.06 bits per heavy atom. The highest BCUT2D eigenvalue weighted by atomic mass is 19.1. The summed E-state index contributed by atoms with van der Waals surface area (Å²) in [6, 6.07) is 9.55. The molecule has 88 valence electrons. The summed E-state index contributed by atoms with van der Waals surface area (Å²) in [5.74, 6) is 0.686. The second kappa shape index (κ2) is 4.69. The van der Waals surface area contributed by atoms with Crippen molar-refractivity contribution >= 4 is 17.3 Å². The fourth-order valence-electron chi connectivity index (χ4n) is 1.41. The van der Waals surface area contributed by atoms with E-state index in [2.05, 4.69) is 10.3 Å². The molecule has 2 aromatic rings. The Morgan fingerprint density at radius 3 is 2.47 bits per heavy atom. The third kappa shape index (κ3) is 2.84. The Balaban J connectivity index is 2.07. The number of nitrogen functional groups attached to an aromatic ring is 2. The maximum atomic E-state index is 12.7. The van der Waals surface area contributed by atoms with Crippen LogP contribution in [-0.4, -0.2) is 4.98 Å². The average Bonchev–Trinajstić information content (AvgIpc) is 2.32. The van der Waals surface area contributed by atoms with Crippen LogP contribution in [0.15, 0.2) is 36.4 Å². The summed E-state index contributed by atoms with van der Waals surface area (Å²) in [6.45, 7) is 0.515. The minimum Gasteiger partial charge on any atom is -0.396 e. The van der Waals surface area contributed by atoms with E-state index in [1.54, 1.807) is 24.3 Å². The first-order chi connectivity index (χ1) is 8.15. The number of halogens is 1. The predicted molar refractivity (Wildman–Crippen MR) is 66.8 cm³/mol. The van der Waals surface area contributed by atoms with Gasteiger partial charge in [0.1, 0.15) is 11.6 Å². The zero-order chi connectivity index (χ0) is 12.3. The molecule has 0 aliphatic carbocycles. The van der Waals surface area contributed by atoms with E-state index in [4.69, 9.17) is 11.5 Å². The summed E-state index contributed by atoms with van der Waals surface area (Å²) in [4.78, 5) is 4.07. The lowest BCUT2D eigenvalue weighted by molar-refractivity contribution is 0.627. The summed E-state index contributed by atoms with van der Waals surface area (Å²) in [5, 5.41) is 3.05. The first-order valence-corrected chi connectivity index (χ1v) is 5.15. The first kappa shape index (κ1) is 11.2. The van der Waals surface area contributed by atoms with Crippen molar-refractivity contribution in [1.29, 1.82) is 0 Å². The van der Waals surface area contributed by atoms with Crippen LogP contribution in [0.3, 0.4) is 0 Å². The predicted octanol–water partition coefficient (Wildman–Crippen LogP) is 2.00. The van der Waals surface area contributed by atoms with Crippen LogP contribution < -0.4 is 16.8 Å². The van der Waals surface area contributed by atoms with Gasteiger partial charge in [0.15, 0.2) is 5.82 Å². The van der Waals surface area contributed by atoms with Crippen molar-refractivity contribution < 1.29 is 4.39 Å². The lowest BCUT2D eigenvalue weighted by Crippen LogP contribution is -2.06.